The summed E-state index contributed by atoms with van der Waals surface area (Å²) in [5, 5.41) is 30.2. The Hall–Kier alpha value is -0.970. The van der Waals surface area contributed by atoms with E-state index in [1.165, 1.54) is 0 Å². The van der Waals surface area contributed by atoms with Gasteiger partial charge in [-0.25, -0.2) is 0 Å². The summed E-state index contributed by atoms with van der Waals surface area (Å²) in [7, 11) is 0. The van der Waals surface area contributed by atoms with E-state index in [0.717, 1.165) is 57.8 Å². The summed E-state index contributed by atoms with van der Waals surface area (Å²) in [5.41, 5.74) is -0.610. The summed E-state index contributed by atoms with van der Waals surface area (Å²) in [6.07, 6.45) is 18.2. The van der Waals surface area contributed by atoms with Gasteiger partial charge in [-0.15, -0.1) is 0 Å². The average Bonchev–Trinajstić information content (AvgIpc) is 3.48. The predicted molar refractivity (Wildman–Crippen MR) is 113 cm³/mol. The first-order valence-corrected chi connectivity index (χ1v) is 11.4. The second kappa shape index (κ2) is 11.9. The van der Waals surface area contributed by atoms with E-state index in [-0.39, 0.29) is 30.6 Å². The zero-order chi connectivity index (χ0) is 20.4. The van der Waals surface area contributed by atoms with Crippen LogP contribution < -0.4 is 0 Å². The highest BCUT2D eigenvalue weighted by Gasteiger charge is 2.43. The molecule has 2 aliphatic rings. The SMILES string of the molecule is CCCCCC(O)(CC=C[C@H]1[C@H](O)CC(=O)[C@@H]1CC=CCCCCO)C1CC1. The first-order valence-electron chi connectivity index (χ1n) is 11.4. The van der Waals surface area contributed by atoms with Crippen LogP contribution in [0, 0.1) is 17.8 Å². The van der Waals surface area contributed by atoms with Gasteiger partial charge in [-0.05, 0) is 57.3 Å². The van der Waals surface area contributed by atoms with Crippen LogP contribution in [0.25, 0.3) is 0 Å². The minimum Gasteiger partial charge on any atom is -0.396 e. The van der Waals surface area contributed by atoms with Gasteiger partial charge in [0, 0.05) is 24.9 Å². The van der Waals surface area contributed by atoms with Crippen LogP contribution in [0.2, 0.25) is 0 Å². The Morgan fingerprint density at radius 1 is 1.11 bits per heavy atom. The first kappa shape index (κ1) is 23.3. The Balaban J connectivity index is 1.88. The second-order valence-corrected chi connectivity index (χ2v) is 8.82. The molecule has 0 spiro atoms. The first-order chi connectivity index (χ1) is 13.5. The lowest BCUT2D eigenvalue weighted by atomic mass is 9.85. The highest BCUT2D eigenvalue weighted by Crippen LogP contribution is 2.45. The van der Waals surface area contributed by atoms with Crippen molar-refractivity contribution in [1.29, 1.82) is 0 Å². The van der Waals surface area contributed by atoms with Gasteiger partial charge >= 0.3 is 0 Å². The number of hydrogen-bond acceptors (Lipinski definition) is 4. The number of rotatable bonds is 14. The summed E-state index contributed by atoms with van der Waals surface area (Å²) < 4.78 is 0. The number of aliphatic hydroxyl groups is 3. The van der Waals surface area contributed by atoms with Crippen molar-refractivity contribution in [1.82, 2.24) is 0 Å². The topological polar surface area (TPSA) is 77.8 Å². The molecule has 0 aromatic heterocycles. The van der Waals surface area contributed by atoms with E-state index in [4.69, 9.17) is 5.11 Å². The van der Waals surface area contributed by atoms with Crippen molar-refractivity contribution in [3.05, 3.63) is 24.3 Å². The van der Waals surface area contributed by atoms with Gasteiger partial charge in [0.1, 0.15) is 5.78 Å². The van der Waals surface area contributed by atoms with Crippen LogP contribution >= 0.6 is 0 Å². The Labute approximate surface area is 170 Å². The molecule has 4 atom stereocenters. The predicted octanol–water partition coefficient (Wildman–Crippen LogP) is 4.33. The molecule has 1 unspecified atom stereocenters. The third-order valence-corrected chi connectivity index (χ3v) is 6.45. The largest absolute Gasteiger partial charge is 0.396 e. The molecule has 4 nitrogen and oxygen atoms in total. The zero-order valence-corrected chi connectivity index (χ0v) is 17.6. The van der Waals surface area contributed by atoms with Crippen LogP contribution in [0.3, 0.4) is 0 Å². The van der Waals surface area contributed by atoms with Crippen LogP contribution in [0.15, 0.2) is 24.3 Å². The van der Waals surface area contributed by atoms with Crippen LogP contribution in [-0.2, 0) is 4.79 Å². The molecule has 0 aromatic carbocycles. The maximum atomic E-state index is 12.3. The molecular weight excluding hydrogens is 352 g/mol. The standard InChI is InChI=1S/C24H40O4/c1-2-3-8-15-24(28,19-13-14-19)16-10-12-21-20(22(26)18-23(21)27)11-7-5-4-6-9-17-25/h5,7,10,12,19-21,23,25,27-28H,2-4,6,8-9,11,13-18H2,1H3/t20-,21-,23-,24?/m1/s1. The van der Waals surface area contributed by atoms with Crippen LogP contribution in [-0.4, -0.2) is 39.4 Å². The lowest BCUT2D eigenvalue weighted by molar-refractivity contribution is -0.121. The van der Waals surface area contributed by atoms with Gasteiger partial charge in [0.05, 0.1) is 11.7 Å². The second-order valence-electron chi connectivity index (χ2n) is 8.82. The van der Waals surface area contributed by atoms with Gasteiger partial charge in [0.25, 0.3) is 0 Å². The highest BCUT2D eigenvalue weighted by atomic mass is 16.3. The summed E-state index contributed by atoms with van der Waals surface area (Å²) in [5.74, 6) is 0.257. The molecule has 0 bridgehead atoms. The van der Waals surface area contributed by atoms with Crippen molar-refractivity contribution in [2.75, 3.05) is 6.61 Å². The average molecular weight is 393 g/mol. The molecule has 2 rings (SSSR count). The molecule has 0 radical (unpaired) electrons. The van der Waals surface area contributed by atoms with E-state index in [2.05, 4.69) is 13.0 Å². The number of unbranched alkanes of at least 4 members (excludes halogenated alkanes) is 4. The lowest BCUT2D eigenvalue weighted by Crippen LogP contribution is -2.30. The number of carbonyl (C=O) groups excluding carboxylic acids is 1. The monoisotopic (exact) mass is 392 g/mol. The summed E-state index contributed by atoms with van der Waals surface area (Å²) in [6.45, 7) is 2.40. The van der Waals surface area contributed by atoms with Crippen molar-refractivity contribution >= 4 is 5.78 Å². The number of carbonyl (C=O) groups is 1. The fourth-order valence-corrected chi connectivity index (χ4v) is 4.47. The lowest BCUT2D eigenvalue weighted by Gasteiger charge is -2.27. The third-order valence-electron chi connectivity index (χ3n) is 6.45. The minimum atomic E-state index is -0.610. The summed E-state index contributed by atoms with van der Waals surface area (Å²) in [6, 6.07) is 0. The van der Waals surface area contributed by atoms with Gasteiger partial charge < -0.3 is 15.3 Å². The summed E-state index contributed by atoms with van der Waals surface area (Å²) >= 11 is 0. The molecular formula is C24H40O4. The van der Waals surface area contributed by atoms with Gasteiger partial charge in [-0.3, -0.25) is 4.79 Å². The van der Waals surface area contributed by atoms with Gasteiger partial charge in [0.15, 0.2) is 0 Å². The summed E-state index contributed by atoms with van der Waals surface area (Å²) in [4.78, 5) is 12.3. The molecule has 160 valence electrons. The number of aliphatic hydroxyl groups excluding tert-OH is 2. The fraction of sp³-hybridized carbons (Fsp3) is 0.792. The van der Waals surface area contributed by atoms with Crippen LogP contribution in [0.4, 0.5) is 0 Å². The maximum Gasteiger partial charge on any atom is 0.139 e. The van der Waals surface area contributed by atoms with E-state index in [9.17, 15) is 15.0 Å². The van der Waals surface area contributed by atoms with Crippen molar-refractivity contribution < 1.29 is 20.1 Å². The van der Waals surface area contributed by atoms with E-state index < -0.39 is 11.7 Å². The van der Waals surface area contributed by atoms with E-state index >= 15 is 0 Å². The van der Waals surface area contributed by atoms with Crippen molar-refractivity contribution in [2.24, 2.45) is 17.8 Å². The molecule has 2 fully saturated rings. The molecule has 0 aromatic rings. The molecule has 2 saturated carbocycles. The molecule has 2 aliphatic carbocycles. The molecule has 0 heterocycles. The quantitative estimate of drug-likeness (QED) is 0.304. The van der Waals surface area contributed by atoms with E-state index in [0.29, 0.717) is 18.8 Å². The Bertz CT molecular complexity index is 523. The molecule has 0 saturated heterocycles. The Morgan fingerprint density at radius 2 is 1.89 bits per heavy atom. The molecule has 4 heteroatoms. The van der Waals surface area contributed by atoms with Crippen molar-refractivity contribution in [3.8, 4) is 0 Å². The van der Waals surface area contributed by atoms with Crippen molar-refractivity contribution in [2.45, 2.75) is 95.7 Å². The number of Topliss-reactive ketones (excluding diaryl/α,β-unsaturated/α-hetero) is 1. The Morgan fingerprint density at radius 3 is 2.57 bits per heavy atom. The smallest absolute Gasteiger partial charge is 0.139 e. The molecule has 3 N–H and O–H groups in total. The van der Waals surface area contributed by atoms with Crippen molar-refractivity contribution in [3.63, 3.8) is 0 Å². The maximum absolute atomic E-state index is 12.3. The van der Waals surface area contributed by atoms with Gasteiger partial charge in [-0.1, -0.05) is 50.5 Å². The highest BCUT2D eigenvalue weighted by molar-refractivity contribution is 5.84. The van der Waals surface area contributed by atoms with E-state index in [1.54, 1.807) is 0 Å². The number of hydrogen-bond donors (Lipinski definition) is 3. The third kappa shape index (κ3) is 7.13. The van der Waals surface area contributed by atoms with Crippen LogP contribution in [0.5, 0.6) is 0 Å². The van der Waals surface area contributed by atoms with Gasteiger partial charge in [-0.2, -0.15) is 0 Å². The molecule has 0 amide bonds. The molecule has 0 aliphatic heterocycles. The Kier molecular flexibility index (Phi) is 9.90. The zero-order valence-electron chi connectivity index (χ0n) is 17.6. The fourth-order valence-electron chi connectivity index (χ4n) is 4.47. The normalized spacial score (nSPS) is 27.9. The number of ketones is 1. The van der Waals surface area contributed by atoms with Gasteiger partial charge in [0.2, 0.25) is 0 Å². The number of allylic oxidation sites excluding steroid dienone is 2. The minimum absolute atomic E-state index is 0.141. The van der Waals surface area contributed by atoms with Crippen LogP contribution in [0.1, 0.15) is 84.0 Å². The van der Waals surface area contributed by atoms with E-state index in [1.807, 2.05) is 18.2 Å². The molecule has 28 heavy (non-hydrogen) atoms.